The zero-order valence-electron chi connectivity index (χ0n) is 14.8. The number of hydrogen-bond donors (Lipinski definition) is 0. The van der Waals surface area contributed by atoms with Crippen molar-refractivity contribution in [3.63, 3.8) is 0 Å². The average molecular weight is 359 g/mol. The first-order chi connectivity index (χ1) is 12.0. The van der Waals surface area contributed by atoms with Crippen LogP contribution in [0.2, 0.25) is 0 Å². The summed E-state index contributed by atoms with van der Waals surface area (Å²) in [6, 6.07) is 17.4. The van der Waals surface area contributed by atoms with Crippen molar-refractivity contribution in [2.75, 3.05) is 38.5 Å². The van der Waals surface area contributed by atoms with Gasteiger partial charge in [-0.15, -0.1) is 0 Å². The van der Waals surface area contributed by atoms with Crippen LogP contribution in [-0.2, 0) is 16.4 Å². The zero-order chi connectivity index (χ0) is 17.7. The average Bonchev–Trinajstić information content (AvgIpc) is 2.62. The topological polar surface area (TPSA) is 40.6 Å². The van der Waals surface area contributed by atoms with Crippen LogP contribution in [0.25, 0.3) is 0 Å². The van der Waals surface area contributed by atoms with E-state index in [0.717, 1.165) is 32.7 Å². The molecular formula is C20H26N2O2S. The molecule has 2 aromatic carbocycles. The van der Waals surface area contributed by atoms with Crippen LogP contribution in [0, 0.1) is 6.92 Å². The van der Waals surface area contributed by atoms with E-state index >= 15 is 0 Å². The molecule has 0 spiro atoms. The summed E-state index contributed by atoms with van der Waals surface area (Å²) < 4.78 is 24.8. The standard InChI is InChI=1S/C20H26N2O2S/c1-18-6-5-7-19(16-18)17-22-12-10-21(11-13-22)14-15-25(23,24)20-8-3-2-4-9-20/h2-9,16H,10-15,17H2,1H3. The minimum Gasteiger partial charge on any atom is -0.300 e. The fourth-order valence-electron chi connectivity index (χ4n) is 3.23. The SMILES string of the molecule is Cc1cccc(CN2CCN(CCS(=O)(=O)c3ccccc3)CC2)c1. The number of benzene rings is 2. The molecule has 4 nitrogen and oxygen atoms in total. The smallest absolute Gasteiger partial charge is 0.179 e. The van der Waals surface area contributed by atoms with Crippen LogP contribution < -0.4 is 0 Å². The van der Waals surface area contributed by atoms with E-state index in [1.165, 1.54) is 11.1 Å². The van der Waals surface area contributed by atoms with Gasteiger partial charge < -0.3 is 0 Å². The second kappa shape index (κ2) is 8.13. The number of aryl methyl sites for hydroxylation is 1. The highest BCUT2D eigenvalue weighted by molar-refractivity contribution is 7.91. The molecule has 0 N–H and O–H groups in total. The Hall–Kier alpha value is -1.69. The second-order valence-corrected chi connectivity index (χ2v) is 8.85. The molecule has 0 atom stereocenters. The molecular weight excluding hydrogens is 332 g/mol. The number of rotatable bonds is 6. The fraction of sp³-hybridized carbons (Fsp3) is 0.400. The third kappa shape index (κ3) is 5.14. The van der Waals surface area contributed by atoms with Gasteiger partial charge in [-0.05, 0) is 24.6 Å². The quantitative estimate of drug-likeness (QED) is 0.796. The van der Waals surface area contributed by atoms with E-state index in [1.807, 2.05) is 6.07 Å². The van der Waals surface area contributed by atoms with Crippen LogP contribution in [0.4, 0.5) is 0 Å². The molecule has 134 valence electrons. The lowest BCUT2D eigenvalue weighted by Gasteiger charge is -2.34. The van der Waals surface area contributed by atoms with E-state index in [1.54, 1.807) is 24.3 Å². The van der Waals surface area contributed by atoms with E-state index in [-0.39, 0.29) is 5.75 Å². The van der Waals surface area contributed by atoms with Crippen LogP contribution in [0.5, 0.6) is 0 Å². The molecule has 0 aromatic heterocycles. The van der Waals surface area contributed by atoms with E-state index in [9.17, 15) is 8.42 Å². The van der Waals surface area contributed by atoms with Crippen molar-refractivity contribution in [1.29, 1.82) is 0 Å². The van der Waals surface area contributed by atoms with Crippen LogP contribution in [0.3, 0.4) is 0 Å². The Bertz CT molecular complexity index is 782. The molecule has 0 amide bonds. The van der Waals surface area contributed by atoms with E-state index in [0.29, 0.717) is 11.4 Å². The molecule has 1 aliphatic rings. The molecule has 5 heteroatoms. The summed E-state index contributed by atoms with van der Waals surface area (Å²) in [6.45, 7) is 7.52. The van der Waals surface area contributed by atoms with E-state index < -0.39 is 9.84 Å². The molecule has 0 saturated carbocycles. The van der Waals surface area contributed by atoms with Crippen molar-refractivity contribution in [2.24, 2.45) is 0 Å². The van der Waals surface area contributed by atoms with Gasteiger partial charge >= 0.3 is 0 Å². The van der Waals surface area contributed by atoms with Gasteiger partial charge in [-0.25, -0.2) is 8.42 Å². The van der Waals surface area contributed by atoms with Crippen LogP contribution in [-0.4, -0.2) is 56.7 Å². The third-order valence-corrected chi connectivity index (χ3v) is 6.44. The van der Waals surface area contributed by atoms with Gasteiger partial charge in [-0.3, -0.25) is 9.80 Å². The van der Waals surface area contributed by atoms with Crippen LogP contribution in [0.15, 0.2) is 59.5 Å². The van der Waals surface area contributed by atoms with Gasteiger partial charge in [-0.1, -0.05) is 48.0 Å². The Balaban J connectivity index is 1.46. The van der Waals surface area contributed by atoms with Crippen molar-refractivity contribution in [1.82, 2.24) is 9.80 Å². The van der Waals surface area contributed by atoms with Crippen molar-refractivity contribution in [3.8, 4) is 0 Å². The molecule has 0 radical (unpaired) electrons. The van der Waals surface area contributed by atoms with Crippen molar-refractivity contribution < 1.29 is 8.42 Å². The molecule has 0 aliphatic carbocycles. The van der Waals surface area contributed by atoms with E-state index in [4.69, 9.17) is 0 Å². The number of piperazine rings is 1. The Morgan fingerprint density at radius 3 is 2.24 bits per heavy atom. The second-order valence-electron chi connectivity index (χ2n) is 6.74. The van der Waals surface area contributed by atoms with Gasteiger partial charge in [0.15, 0.2) is 9.84 Å². The van der Waals surface area contributed by atoms with Gasteiger partial charge in [-0.2, -0.15) is 0 Å². The molecule has 1 fully saturated rings. The minimum atomic E-state index is -3.18. The van der Waals surface area contributed by atoms with Crippen molar-refractivity contribution in [2.45, 2.75) is 18.4 Å². The molecule has 1 aliphatic heterocycles. The largest absolute Gasteiger partial charge is 0.300 e. The number of sulfone groups is 1. The van der Waals surface area contributed by atoms with Crippen LogP contribution >= 0.6 is 0 Å². The highest BCUT2D eigenvalue weighted by atomic mass is 32.2. The summed E-state index contributed by atoms with van der Waals surface area (Å²) in [5.74, 6) is 0.189. The maximum Gasteiger partial charge on any atom is 0.179 e. The molecule has 25 heavy (non-hydrogen) atoms. The van der Waals surface area contributed by atoms with Gasteiger partial charge in [0.25, 0.3) is 0 Å². The molecule has 1 saturated heterocycles. The maximum atomic E-state index is 12.4. The summed E-state index contributed by atoms with van der Waals surface area (Å²) in [4.78, 5) is 5.12. The lowest BCUT2D eigenvalue weighted by atomic mass is 10.1. The molecule has 2 aromatic rings. The summed E-state index contributed by atoms with van der Waals surface area (Å²) in [7, 11) is -3.18. The predicted octanol–water partition coefficient (Wildman–Crippen LogP) is 2.59. The van der Waals surface area contributed by atoms with Crippen molar-refractivity contribution >= 4 is 9.84 Å². The minimum absolute atomic E-state index is 0.189. The predicted molar refractivity (Wildman–Crippen MR) is 101 cm³/mol. The fourth-order valence-corrected chi connectivity index (χ4v) is 4.54. The molecule has 1 heterocycles. The van der Waals surface area contributed by atoms with Gasteiger partial charge in [0.1, 0.15) is 0 Å². The number of hydrogen-bond acceptors (Lipinski definition) is 4. The third-order valence-electron chi connectivity index (χ3n) is 4.73. The monoisotopic (exact) mass is 358 g/mol. The lowest BCUT2D eigenvalue weighted by molar-refractivity contribution is 0.132. The van der Waals surface area contributed by atoms with Crippen LogP contribution in [0.1, 0.15) is 11.1 Å². The summed E-state index contributed by atoms with van der Waals surface area (Å²) >= 11 is 0. The first kappa shape index (κ1) is 18.1. The zero-order valence-corrected chi connectivity index (χ0v) is 15.6. The Morgan fingerprint density at radius 1 is 0.880 bits per heavy atom. The van der Waals surface area contributed by atoms with Gasteiger partial charge in [0.05, 0.1) is 10.6 Å². The summed E-state index contributed by atoms with van der Waals surface area (Å²) in [6.07, 6.45) is 0. The normalized spacial score (nSPS) is 16.8. The molecule has 0 unspecified atom stereocenters. The number of nitrogens with zero attached hydrogens (tertiary/aromatic N) is 2. The van der Waals surface area contributed by atoms with Gasteiger partial charge in [0, 0.05) is 39.3 Å². The maximum absolute atomic E-state index is 12.4. The first-order valence-corrected chi connectivity index (χ1v) is 10.5. The molecule has 3 rings (SSSR count). The Morgan fingerprint density at radius 2 is 1.56 bits per heavy atom. The highest BCUT2D eigenvalue weighted by Gasteiger charge is 2.20. The Kier molecular flexibility index (Phi) is 5.89. The van der Waals surface area contributed by atoms with E-state index in [2.05, 4.69) is 41.0 Å². The summed E-state index contributed by atoms with van der Waals surface area (Å²) in [5.41, 5.74) is 2.64. The summed E-state index contributed by atoms with van der Waals surface area (Å²) in [5, 5.41) is 0. The Labute approximate surface area is 151 Å². The highest BCUT2D eigenvalue weighted by Crippen LogP contribution is 2.13. The first-order valence-electron chi connectivity index (χ1n) is 8.81. The van der Waals surface area contributed by atoms with Gasteiger partial charge in [0.2, 0.25) is 0 Å². The van der Waals surface area contributed by atoms with Crippen molar-refractivity contribution in [3.05, 3.63) is 65.7 Å². The molecule has 0 bridgehead atoms. The lowest BCUT2D eigenvalue weighted by Crippen LogP contribution is -2.47.